The Hall–Kier alpha value is -1.39. The van der Waals surface area contributed by atoms with E-state index < -0.39 is 0 Å². The van der Waals surface area contributed by atoms with Gasteiger partial charge in [0.05, 0.1) is 11.5 Å². The number of hydrazone groups is 1. The highest BCUT2D eigenvalue weighted by Crippen LogP contribution is 2.30. The lowest BCUT2D eigenvalue weighted by atomic mass is 10.1. The average Bonchev–Trinajstić information content (AvgIpc) is 3.18. The van der Waals surface area contributed by atoms with Crippen molar-refractivity contribution in [2.24, 2.45) is 5.10 Å². The van der Waals surface area contributed by atoms with Gasteiger partial charge in [0.2, 0.25) is 0 Å². The fraction of sp³-hybridized carbons (Fsp3) is 0.158. The fourth-order valence-electron chi connectivity index (χ4n) is 2.10. The molecule has 3 aromatic rings. The van der Waals surface area contributed by atoms with Crippen molar-refractivity contribution in [2.75, 3.05) is 5.75 Å². The Labute approximate surface area is 194 Å². The molecule has 0 fully saturated rings. The van der Waals surface area contributed by atoms with Crippen LogP contribution in [0.2, 0.25) is 5.02 Å². The molecule has 0 aliphatic rings. The Morgan fingerprint density at radius 1 is 1.10 bits per heavy atom. The number of halogens is 2. The van der Waals surface area contributed by atoms with Crippen molar-refractivity contribution in [1.29, 1.82) is 0 Å². The van der Waals surface area contributed by atoms with Crippen molar-refractivity contribution in [2.45, 2.75) is 21.4 Å². The van der Waals surface area contributed by atoms with Crippen LogP contribution in [-0.2, 0) is 10.5 Å². The lowest BCUT2D eigenvalue weighted by molar-refractivity contribution is -0.118. The Morgan fingerprint density at radius 3 is 2.45 bits per heavy atom. The molecule has 0 spiro atoms. The van der Waals surface area contributed by atoms with Crippen LogP contribution in [0.5, 0.6) is 0 Å². The molecule has 0 aliphatic heterocycles. The van der Waals surface area contributed by atoms with Crippen molar-refractivity contribution >= 4 is 74.0 Å². The molecule has 5 nitrogen and oxygen atoms in total. The molecule has 1 heterocycles. The SMILES string of the molecule is C/C(=N/NC(=O)CSc1nnc(SCc2ccc(Cl)cc2)s1)c1ccc(Br)cc1. The van der Waals surface area contributed by atoms with Gasteiger partial charge in [-0.15, -0.1) is 10.2 Å². The molecule has 0 unspecified atom stereocenters. The molecular formula is C19H16BrClN4OS3. The summed E-state index contributed by atoms with van der Waals surface area (Å²) in [5.74, 6) is 0.839. The minimum Gasteiger partial charge on any atom is -0.272 e. The summed E-state index contributed by atoms with van der Waals surface area (Å²) in [6, 6.07) is 15.5. The Balaban J connectivity index is 1.43. The van der Waals surface area contributed by atoms with Gasteiger partial charge >= 0.3 is 0 Å². The maximum atomic E-state index is 12.0. The summed E-state index contributed by atoms with van der Waals surface area (Å²) < 4.78 is 2.62. The number of aromatic nitrogens is 2. The highest BCUT2D eigenvalue weighted by atomic mass is 79.9. The predicted octanol–water partition coefficient (Wildman–Crippen LogP) is 5.88. The second kappa shape index (κ2) is 11.1. The highest BCUT2D eigenvalue weighted by molar-refractivity contribution is 9.10. The topological polar surface area (TPSA) is 67.2 Å². The molecule has 0 saturated carbocycles. The van der Waals surface area contributed by atoms with Gasteiger partial charge in [0.25, 0.3) is 5.91 Å². The van der Waals surface area contributed by atoms with E-state index in [9.17, 15) is 4.79 Å². The van der Waals surface area contributed by atoms with Crippen LogP contribution in [0.3, 0.4) is 0 Å². The van der Waals surface area contributed by atoms with Gasteiger partial charge < -0.3 is 0 Å². The Morgan fingerprint density at radius 2 is 1.76 bits per heavy atom. The average molecular weight is 528 g/mol. The van der Waals surface area contributed by atoms with Crippen LogP contribution in [-0.4, -0.2) is 27.6 Å². The summed E-state index contributed by atoms with van der Waals surface area (Å²) in [6.07, 6.45) is 0. The van der Waals surface area contributed by atoms with Gasteiger partial charge in [-0.2, -0.15) is 5.10 Å². The number of rotatable bonds is 8. The summed E-state index contributed by atoms with van der Waals surface area (Å²) >= 11 is 13.7. The third-order valence-corrected chi connectivity index (χ3v) is 7.64. The standard InChI is InChI=1S/C19H16BrClN4OS3/c1-12(14-4-6-15(20)7-5-14)22-23-17(26)11-28-19-25-24-18(29-19)27-10-13-2-8-16(21)9-3-13/h2-9H,10-11H2,1H3,(H,23,26)/b22-12-. The first-order valence-electron chi connectivity index (χ1n) is 8.42. The first-order chi connectivity index (χ1) is 14.0. The van der Waals surface area contributed by atoms with Gasteiger partial charge in [-0.25, -0.2) is 5.43 Å². The molecule has 29 heavy (non-hydrogen) atoms. The molecule has 1 amide bonds. The van der Waals surface area contributed by atoms with Crippen LogP contribution in [0.1, 0.15) is 18.1 Å². The van der Waals surface area contributed by atoms with E-state index in [0.717, 1.165) is 35.2 Å². The van der Waals surface area contributed by atoms with Gasteiger partial charge in [-0.3, -0.25) is 4.79 Å². The van der Waals surface area contributed by atoms with Crippen LogP contribution in [0.15, 0.2) is 66.8 Å². The minimum absolute atomic E-state index is 0.183. The molecule has 1 N–H and O–H groups in total. The third kappa shape index (κ3) is 7.42. The number of thioether (sulfide) groups is 2. The molecule has 1 aromatic heterocycles. The second-order valence-corrected chi connectivity index (χ2v) is 10.6. The smallest absolute Gasteiger partial charge is 0.250 e. The molecule has 0 bridgehead atoms. The van der Waals surface area contributed by atoms with E-state index in [2.05, 4.69) is 36.7 Å². The zero-order valence-electron chi connectivity index (χ0n) is 15.3. The van der Waals surface area contributed by atoms with Crippen LogP contribution >= 0.6 is 62.4 Å². The van der Waals surface area contributed by atoms with Gasteiger partial charge in [-0.05, 0) is 42.3 Å². The Bertz CT molecular complexity index is 993. The van der Waals surface area contributed by atoms with Crippen molar-refractivity contribution < 1.29 is 4.79 Å². The predicted molar refractivity (Wildman–Crippen MR) is 126 cm³/mol. The maximum Gasteiger partial charge on any atom is 0.250 e. The van der Waals surface area contributed by atoms with Gasteiger partial charge in [0.15, 0.2) is 8.68 Å². The summed E-state index contributed by atoms with van der Waals surface area (Å²) in [5.41, 5.74) is 5.44. The number of carbonyl (C=O) groups excluding carboxylic acids is 1. The van der Waals surface area contributed by atoms with Crippen molar-refractivity contribution in [1.82, 2.24) is 15.6 Å². The highest BCUT2D eigenvalue weighted by Gasteiger charge is 2.09. The molecule has 0 atom stereocenters. The number of carbonyl (C=O) groups is 1. The molecular weight excluding hydrogens is 512 g/mol. The third-order valence-electron chi connectivity index (χ3n) is 3.60. The van der Waals surface area contributed by atoms with Crippen LogP contribution < -0.4 is 5.43 Å². The van der Waals surface area contributed by atoms with Gasteiger partial charge in [-0.1, -0.05) is 86.7 Å². The number of nitrogens with one attached hydrogen (secondary N) is 1. The summed E-state index contributed by atoms with van der Waals surface area (Å²) in [4.78, 5) is 12.0. The first kappa shape index (κ1) is 22.3. The van der Waals surface area contributed by atoms with E-state index in [4.69, 9.17) is 11.6 Å². The molecule has 3 rings (SSSR count). The minimum atomic E-state index is -0.183. The summed E-state index contributed by atoms with van der Waals surface area (Å²) in [6.45, 7) is 1.85. The molecule has 0 saturated heterocycles. The van der Waals surface area contributed by atoms with Crippen molar-refractivity contribution in [3.63, 3.8) is 0 Å². The van der Waals surface area contributed by atoms with Gasteiger partial charge in [0, 0.05) is 15.2 Å². The molecule has 0 radical (unpaired) electrons. The van der Waals surface area contributed by atoms with Crippen LogP contribution in [0.25, 0.3) is 0 Å². The zero-order valence-corrected chi connectivity index (χ0v) is 20.1. The number of amides is 1. The maximum absolute atomic E-state index is 12.0. The lowest BCUT2D eigenvalue weighted by Crippen LogP contribution is -2.21. The number of hydrogen-bond donors (Lipinski definition) is 1. The molecule has 2 aromatic carbocycles. The second-order valence-electron chi connectivity index (χ2n) is 5.78. The normalized spacial score (nSPS) is 11.5. The van der Waals surface area contributed by atoms with E-state index in [1.807, 2.05) is 55.5 Å². The molecule has 10 heteroatoms. The number of hydrogen-bond acceptors (Lipinski definition) is 7. The summed E-state index contributed by atoms with van der Waals surface area (Å²) in [7, 11) is 0. The quantitative estimate of drug-likeness (QED) is 0.225. The lowest BCUT2D eigenvalue weighted by Gasteiger charge is -2.02. The van der Waals surface area contributed by atoms with Crippen molar-refractivity contribution in [3.05, 3.63) is 69.2 Å². The number of benzene rings is 2. The van der Waals surface area contributed by atoms with Crippen molar-refractivity contribution in [3.8, 4) is 0 Å². The van der Waals surface area contributed by atoms with E-state index in [1.54, 1.807) is 11.8 Å². The van der Waals surface area contributed by atoms with E-state index in [-0.39, 0.29) is 11.7 Å². The number of nitrogens with zero attached hydrogens (tertiary/aromatic N) is 3. The van der Waals surface area contributed by atoms with Crippen LogP contribution in [0, 0.1) is 0 Å². The Kier molecular flexibility index (Phi) is 8.55. The first-order valence-corrected chi connectivity index (χ1v) is 12.4. The monoisotopic (exact) mass is 526 g/mol. The van der Waals surface area contributed by atoms with E-state index in [1.165, 1.54) is 28.7 Å². The van der Waals surface area contributed by atoms with Crippen LogP contribution in [0.4, 0.5) is 0 Å². The molecule has 150 valence electrons. The zero-order chi connectivity index (χ0) is 20.6. The molecule has 0 aliphatic carbocycles. The van der Waals surface area contributed by atoms with Gasteiger partial charge in [0.1, 0.15) is 0 Å². The van der Waals surface area contributed by atoms with E-state index in [0.29, 0.717) is 0 Å². The summed E-state index contributed by atoms with van der Waals surface area (Å²) in [5, 5.41) is 13.2. The fourth-order valence-corrected chi connectivity index (χ4v) is 5.26. The largest absolute Gasteiger partial charge is 0.272 e. The van der Waals surface area contributed by atoms with E-state index >= 15 is 0 Å².